The van der Waals surface area contributed by atoms with Crippen LogP contribution >= 0.6 is 0 Å². The maximum absolute atomic E-state index is 11.6. The van der Waals surface area contributed by atoms with Crippen LogP contribution in [0.1, 0.15) is 47.0 Å². The van der Waals surface area contributed by atoms with Gasteiger partial charge in [0, 0.05) is 6.04 Å². The Morgan fingerprint density at radius 2 is 1.59 bits per heavy atom. The molecule has 0 saturated carbocycles. The van der Waals surface area contributed by atoms with Gasteiger partial charge in [0.25, 0.3) is 0 Å². The number of urea groups is 1. The zero-order chi connectivity index (χ0) is 13.4. The van der Waals surface area contributed by atoms with Gasteiger partial charge in [-0.15, -0.1) is 0 Å². The number of aliphatic carboxylic acids is 1. The van der Waals surface area contributed by atoms with Crippen molar-refractivity contribution in [3.63, 3.8) is 0 Å². The lowest BCUT2D eigenvalue weighted by atomic mass is 9.99. The molecule has 0 aromatic heterocycles. The number of carbonyl (C=O) groups is 2. The molecule has 17 heavy (non-hydrogen) atoms. The van der Waals surface area contributed by atoms with Crippen molar-refractivity contribution in [2.75, 3.05) is 0 Å². The number of carboxylic acids is 1. The number of hydrogen-bond donors (Lipinski definition) is 3. The van der Waals surface area contributed by atoms with E-state index in [1.807, 2.05) is 27.7 Å². The number of carbonyl (C=O) groups excluding carboxylic acids is 1. The second-order valence-corrected chi connectivity index (χ2v) is 4.33. The lowest BCUT2D eigenvalue weighted by molar-refractivity contribution is -0.140. The molecule has 0 bridgehead atoms. The largest absolute Gasteiger partial charge is 0.480 e. The van der Waals surface area contributed by atoms with Crippen molar-refractivity contribution < 1.29 is 14.7 Å². The standard InChI is InChI=1S/C12H24N2O3/c1-5-8(4)10(11(15)16)14-12(17)13-9(6-2)7-3/h8-10H,5-7H2,1-4H3,(H,15,16)(H2,13,14,17)/t8?,10-/m0/s1. The van der Waals surface area contributed by atoms with Gasteiger partial charge in [-0.1, -0.05) is 34.1 Å². The minimum Gasteiger partial charge on any atom is -0.480 e. The molecular weight excluding hydrogens is 220 g/mol. The molecule has 0 heterocycles. The Morgan fingerprint density at radius 1 is 1.06 bits per heavy atom. The van der Waals surface area contributed by atoms with E-state index in [-0.39, 0.29) is 12.0 Å². The highest BCUT2D eigenvalue weighted by Crippen LogP contribution is 2.08. The van der Waals surface area contributed by atoms with Gasteiger partial charge < -0.3 is 15.7 Å². The van der Waals surface area contributed by atoms with Gasteiger partial charge in [-0.2, -0.15) is 0 Å². The summed E-state index contributed by atoms with van der Waals surface area (Å²) >= 11 is 0. The molecule has 100 valence electrons. The van der Waals surface area contributed by atoms with Gasteiger partial charge in [-0.3, -0.25) is 0 Å². The lowest BCUT2D eigenvalue weighted by Crippen LogP contribution is -2.51. The summed E-state index contributed by atoms with van der Waals surface area (Å²) in [6, 6.07) is -1.12. The molecule has 5 nitrogen and oxygen atoms in total. The third kappa shape index (κ3) is 5.56. The maximum atomic E-state index is 11.6. The Labute approximate surface area is 103 Å². The van der Waals surface area contributed by atoms with Crippen molar-refractivity contribution in [1.29, 1.82) is 0 Å². The molecule has 0 spiro atoms. The lowest BCUT2D eigenvalue weighted by Gasteiger charge is -2.22. The van der Waals surface area contributed by atoms with Crippen molar-refractivity contribution in [3.05, 3.63) is 0 Å². The van der Waals surface area contributed by atoms with Gasteiger partial charge in [0.05, 0.1) is 0 Å². The maximum Gasteiger partial charge on any atom is 0.326 e. The average Bonchev–Trinajstić information content (AvgIpc) is 2.31. The van der Waals surface area contributed by atoms with E-state index >= 15 is 0 Å². The van der Waals surface area contributed by atoms with Crippen LogP contribution in [0.4, 0.5) is 4.79 Å². The molecule has 0 radical (unpaired) electrons. The first-order valence-electron chi connectivity index (χ1n) is 6.25. The highest BCUT2D eigenvalue weighted by molar-refractivity contribution is 5.82. The monoisotopic (exact) mass is 244 g/mol. The van der Waals surface area contributed by atoms with Gasteiger partial charge in [0.2, 0.25) is 0 Å². The van der Waals surface area contributed by atoms with Crippen LogP contribution in [0.5, 0.6) is 0 Å². The van der Waals surface area contributed by atoms with Crippen LogP contribution in [0.15, 0.2) is 0 Å². The molecule has 0 rings (SSSR count). The summed E-state index contributed by atoms with van der Waals surface area (Å²) in [6.45, 7) is 7.69. The zero-order valence-corrected chi connectivity index (χ0v) is 11.1. The molecule has 0 aliphatic heterocycles. The fourth-order valence-corrected chi connectivity index (χ4v) is 1.54. The number of amides is 2. The fraction of sp³-hybridized carbons (Fsp3) is 0.833. The highest BCUT2D eigenvalue weighted by Gasteiger charge is 2.25. The Hall–Kier alpha value is -1.26. The van der Waals surface area contributed by atoms with Crippen LogP contribution in [0.25, 0.3) is 0 Å². The van der Waals surface area contributed by atoms with E-state index in [2.05, 4.69) is 10.6 Å². The van der Waals surface area contributed by atoms with E-state index in [1.165, 1.54) is 0 Å². The summed E-state index contributed by atoms with van der Waals surface area (Å²) in [5, 5.41) is 14.3. The molecule has 0 aromatic carbocycles. The number of hydrogen-bond acceptors (Lipinski definition) is 2. The predicted molar refractivity (Wildman–Crippen MR) is 66.9 cm³/mol. The first kappa shape index (κ1) is 15.7. The van der Waals surface area contributed by atoms with Crippen molar-refractivity contribution in [3.8, 4) is 0 Å². The van der Waals surface area contributed by atoms with Crippen LogP contribution < -0.4 is 10.6 Å². The molecule has 2 amide bonds. The highest BCUT2D eigenvalue weighted by atomic mass is 16.4. The molecule has 0 aromatic rings. The second kappa shape index (κ2) is 7.92. The van der Waals surface area contributed by atoms with Crippen molar-refractivity contribution in [2.24, 2.45) is 5.92 Å². The summed E-state index contributed by atoms with van der Waals surface area (Å²) in [7, 11) is 0. The predicted octanol–water partition coefficient (Wildman–Crippen LogP) is 1.97. The van der Waals surface area contributed by atoms with E-state index < -0.39 is 18.0 Å². The quantitative estimate of drug-likeness (QED) is 0.640. The third-order valence-corrected chi connectivity index (χ3v) is 3.09. The molecule has 2 atom stereocenters. The van der Waals surface area contributed by atoms with Gasteiger partial charge in [0.1, 0.15) is 6.04 Å². The normalized spacial score (nSPS) is 14.2. The van der Waals surface area contributed by atoms with Crippen molar-refractivity contribution in [1.82, 2.24) is 10.6 Å². The molecular formula is C12H24N2O3. The SMILES string of the molecule is CCC(CC)NC(=O)N[C@H](C(=O)O)C(C)CC. The average molecular weight is 244 g/mol. The van der Waals surface area contributed by atoms with Crippen LogP contribution in [-0.2, 0) is 4.79 Å². The molecule has 0 aliphatic rings. The Balaban J connectivity index is 4.36. The molecule has 5 heteroatoms. The van der Waals surface area contributed by atoms with Crippen LogP contribution in [0.3, 0.4) is 0 Å². The zero-order valence-electron chi connectivity index (χ0n) is 11.1. The van der Waals surface area contributed by atoms with Crippen molar-refractivity contribution in [2.45, 2.75) is 59.0 Å². The minimum absolute atomic E-state index is 0.0834. The van der Waals surface area contributed by atoms with Gasteiger partial charge in [-0.25, -0.2) is 9.59 Å². The summed E-state index contributed by atoms with van der Waals surface area (Å²) in [4.78, 5) is 22.6. The van der Waals surface area contributed by atoms with E-state index in [4.69, 9.17) is 5.11 Å². The van der Waals surface area contributed by atoms with Crippen LogP contribution in [0, 0.1) is 5.92 Å². The van der Waals surface area contributed by atoms with Gasteiger partial charge >= 0.3 is 12.0 Å². The van der Waals surface area contributed by atoms with Crippen LogP contribution in [0.2, 0.25) is 0 Å². The van der Waals surface area contributed by atoms with Crippen LogP contribution in [-0.4, -0.2) is 29.2 Å². The van der Waals surface area contributed by atoms with E-state index in [0.717, 1.165) is 12.8 Å². The van der Waals surface area contributed by atoms with E-state index in [9.17, 15) is 9.59 Å². The Bertz CT molecular complexity index is 252. The minimum atomic E-state index is -0.987. The smallest absolute Gasteiger partial charge is 0.326 e. The molecule has 1 unspecified atom stereocenters. The van der Waals surface area contributed by atoms with E-state index in [1.54, 1.807) is 0 Å². The molecule has 0 saturated heterocycles. The Morgan fingerprint density at radius 3 is 1.94 bits per heavy atom. The summed E-state index contributed by atoms with van der Waals surface area (Å²) in [5.41, 5.74) is 0. The third-order valence-electron chi connectivity index (χ3n) is 3.09. The molecule has 0 aliphatic carbocycles. The molecule has 0 fully saturated rings. The van der Waals surface area contributed by atoms with E-state index in [0.29, 0.717) is 6.42 Å². The molecule has 3 N–H and O–H groups in total. The fourth-order valence-electron chi connectivity index (χ4n) is 1.54. The van der Waals surface area contributed by atoms with Crippen molar-refractivity contribution >= 4 is 12.0 Å². The van der Waals surface area contributed by atoms with Gasteiger partial charge in [-0.05, 0) is 18.8 Å². The number of rotatable bonds is 7. The number of nitrogens with one attached hydrogen (secondary N) is 2. The number of carboxylic acid groups (broad SMARTS) is 1. The first-order valence-corrected chi connectivity index (χ1v) is 6.25. The summed E-state index contributed by atoms with van der Waals surface area (Å²) in [6.07, 6.45) is 2.39. The first-order chi connectivity index (χ1) is 7.96. The van der Waals surface area contributed by atoms with Gasteiger partial charge in [0.15, 0.2) is 0 Å². The summed E-state index contributed by atoms with van der Waals surface area (Å²) < 4.78 is 0. The summed E-state index contributed by atoms with van der Waals surface area (Å²) in [5.74, 6) is -1.07. The second-order valence-electron chi connectivity index (χ2n) is 4.33. The topological polar surface area (TPSA) is 78.4 Å². The Kier molecular flexibility index (Phi) is 7.34.